The Labute approximate surface area is 170 Å². The van der Waals surface area contributed by atoms with Crippen molar-refractivity contribution in [1.82, 2.24) is 9.78 Å². The van der Waals surface area contributed by atoms with Gasteiger partial charge in [-0.25, -0.2) is 18.8 Å². The molecule has 0 unspecified atom stereocenters. The number of rotatable bonds is 2. The van der Waals surface area contributed by atoms with Crippen LogP contribution in [-0.4, -0.2) is 26.6 Å². The van der Waals surface area contributed by atoms with Crippen molar-refractivity contribution >= 4 is 21.6 Å². The van der Waals surface area contributed by atoms with Crippen LogP contribution < -0.4 is 15.2 Å². The molecule has 0 saturated carbocycles. The first-order chi connectivity index (χ1) is 13.9. The Morgan fingerprint density at radius 3 is 2.52 bits per heavy atom. The van der Waals surface area contributed by atoms with Crippen molar-refractivity contribution in [2.75, 3.05) is 11.9 Å². The van der Waals surface area contributed by atoms with Crippen LogP contribution in [0.3, 0.4) is 0 Å². The van der Waals surface area contributed by atoms with E-state index in [4.69, 9.17) is 9.88 Å². The quantitative estimate of drug-likeness (QED) is 0.785. The van der Waals surface area contributed by atoms with Crippen LogP contribution in [0.15, 0.2) is 15.5 Å². The maximum absolute atomic E-state index is 13.1. The summed E-state index contributed by atoms with van der Waals surface area (Å²) in [7, 11) is -3.47. The van der Waals surface area contributed by atoms with Crippen molar-refractivity contribution in [3.63, 3.8) is 0 Å². The Kier molecular flexibility index (Phi) is 4.22. The van der Waals surface area contributed by atoms with Gasteiger partial charge in [0.05, 0.1) is 12.2 Å². The second-order valence-corrected chi connectivity index (χ2v) is 9.89. The average Bonchev–Trinajstić information content (AvgIpc) is 3.43. The van der Waals surface area contributed by atoms with Gasteiger partial charge in [0.1, 0.15) is 11.5 Å². The van der Waals surface area contributed by atoms with Gasteiger partial charge in [0.25, 0.3) is 0 Å². The molecule has 29 heavy (non-hydrogen) atoms. The lowest BCUT2D eigenvalue weighted by Gasteiger charge is -2.18. The molecule has 2 aromatic rings. The molecule has 2 aliphatic carbocycles. The number of fused-ring (bicyclic) bond motifs is 3. The number of urea groups is 1. The van der Waals surface area contributed by atoms with Gasteiger partial charge in [-0.1, -0.05) is 0 Å². The third kappa shape index (κ3) is 2.86. The summed E-state index contributed by atoms with van der Waals surface area (Å²) < 4.78 is 24.1. The summed E-state index contributed by atoms with van der Waals surface area (Å²) in [6, 6.07) is -0.656. The van der Waals surface area contributed by atoms with Crippen LogP contribution in [0.4, 0.5) is 10.5 Å². The summed E-state index contributed by atoms with van der Waals surface area (Å²) in [5, 5.41) is 13.1. The molecule has 0 bridgehead atoms. The molecule has 3 aliphatic rings. The van der Waals surface area contributed by atoms with Gasteiger partial charge in [0, 0.05) is 5.69 Å². The number of aromatic nitrogens is 2. The van der Waals surface area contributed by atoms with Gasteiger partial charge in [-0.2, -0.15) is 5.10 Å². The number of carbonyl (C=O) groups is 1. The highest BCUT2D eigenvalue weighted by Gasteiger charge is 2.30. The van der Waals surface area contributed by atoms with E-state index in [1.165, 1.54) is 34.0 Å². The monoisotopic (exact) mass is 415 g/mol. The molecule has 1 aromatic heterocycles. The summed E-state index contributed by atoms with van der Waals surface area (Å²) in [4.78, 5) is 12.9. The molecule has 0 radical (unpaired) electrons. The first-order valence-electron chi connectivity index (χ1n) is 10.1. The largest absolute Gasteiger partial charge is 0.475 e. The Morgan fingerprint density at radius 1 is 1.24 bits per heavy atom. The molecule has 2 atom stereocenters. The van der Waals surface area contributed by atoms with E-state index in [1.54, 1.807) is 4.68 Å². The Bertz CT molecular complexity index is 1120. The van der Waals surface area contributed by atoms with Crippen molar-refractivity contribution in [3.8, 4) is 5.88 Å². The van der Waals surface area contributed by atoms with Crippen LogP contribution in [0.25, 0.3) is 0 Å². The number of nitrogens with zero attached hydrogens (tertiary/aromatic N) is 3. The second kappa shape index (κ2) is 6.56. The van der Waals surface area contributed by atoms with Crippen molar-refractivity contribution in [3.05, 3.63) is 34.0 Å². The maximum atomic E-state index is 13.1. The fourth-order valence-corrected chi connectivity index (χ4v) is 5.93. The number of hydrogen-bond donors (Lipinski definition) is 2. The number of benzene rings is 1. The molecule has 8 nitrogen and oxygen atoms in total. The van der Waals surface area contributed by atoms with E-state index in [2.05, 4.69) is 21.7 Å². The number of amides is 2. The van der Waals surface area contributed by atoms with Gasteiger partial charge >= 0.3 is 6.03 Å². The lowest BCUT2D eigenvalue weighted by Crippen LogP contribution is -2.19. The molecular formula is C20H25N5O3S. The summed E-state index contributed by atoms with van der Waals surface area (Å²) in [6.07, 6.45) is 7.53. The third-order valence-electron chi connectivity index (χ3n) is 6.31. The van der Waals surface area contributed by atoms with Gasteiger partial charge in [0.15, 0.2) is 9.92 Å². The van der Waals surface area contributed by atoms with Gasteiger partial charge in [-0.3, -0.25) is 0 Å². The predicted octanol–water partition coefficient (Wildman–Crippen LogP) is 3.06. The van der Waals surface area contributed by atoms with Crippen LogP contribution in [0.5, 0.6) is 5.88 Å². The van der Waals surface area contributed by atoms with Gasteiger partial charge in [0.2, 0.25) is 5.88 Å². The third-order valence-corrected chi connectivity index (χ3v) is 7.65. The minimum absolute atomic E-state index is 0.0283. The highest BCUT2D eigenvalue weighted by Crippen LogP contribution is 2.41. The molecule has 2 amide bonds. The number of nitrogens with one attached hydrogen (secondary N) is 1. The van der Waals surface area contributed by atoms with Gasteiger partial charge < -0.3 is 10.1 Å². The second-order valence-electron chi connectivity index (χ2n) is 8.13. The molecule has 3 N–H and O–H groups in total. The smallest absolute Gasteiger partial charge is 0.354 e. The van der Waals surface area contributed by atoms with E-state index in [-0.39, 0.29) is 10.9 Å². The van der Waals surface area contributed by atoms with Crippen molar-refractivity contribution in [1.29, 1.82) is 0 Å². The molecule has 1 aliphatic heterocycles. The Hall–Kier alpha value is -2.39. The molecule has 0 spiro atoms. The fourth-order valence-electron chi connectivity index (χ4n) is 4.94. The minimum atomic E-state index is -3.47. The SMILES string of the molecule is Cc1c2c(c(NC(=O)N=[S@@](N)(=O)c3cnn4c3OC[C@@H]4C)c3c1CCC3)CCC2. The average molecular weight is 416 g/mol. The van der Waals surface area contributed by atoms with Gasteiger partial charge in [-0.05, 0) is 80.2 Å². The summed E-state index contributed by atoms with van der Waals surface area (Å²) >= 11 is 0. The number of nitrogens with two attached hydrogens (primary N) is 1. The number of ether oxygens (including phenoxy) is 1. The maximum Gasteiger partial charge on any atom is 0.354 e. The molecule has 9 heteroatoms. The van der Waals surface area contributed by atoms with Crippen LogP contribution >= 0.6 is 0 Å². The number of carbonyl (C=O) groups excluding carboxylic acids is 1. The standard InChI is InChI=1S/C20H25N5O3S/c1-11-10-28-19-17(9-22-25(11)19)29(21,27)24-20(26)23-18-15-7-3-5-13(15)12(2)14-6-4-8-16(14)18/h9,11H,3-8,10H2,1-2H3,(H3,21,23,24,26,27)/t11-,29+/m0/s1. The van der Waals surface area contributed by atoms with E-state index < -0.39 is 15.9 Å². The number of anilines is 1. The lowest BCUT2D eigenvalue weighted by molar-refractivity contribution is 0.260. The first-order valence-corrected chi connectivity index (χ1v) is 11.7. The van der Waals surface area contributed by atoms with E-state index in [9.17, 15) is 9.00 Å². The van der Waals surface area contributed by atoms with E-state index in [0.717, 1.165) is 44.2 Å². The van der Waals surface area contributed by atoms with Crippen LogP contribution in [0.1, 0.15) is 53.6 Å². The zero-order valence-corrected chi connectivity index (χ0v) is 17.5. The predicted molar refractivity (Wildman–Crippen MR) is 110 cm³/mol. The normalized spacial score (nSPS) is 21.1. The molecule has 154 valence electrons. The van der Waals surface area contributed by atoms with Crippen LogP contribution in [0.2, 0.25) is 0 Å². The topological polar surface area (TPSA) is 112 Å². The van der Waals surface area contributed by atoms with Crippen LogP contribution in [0, 0.1) is 6.92 Å². The molecule has 1 aromatic carbocycles. The van der Waals surface area contributed by atoms with Crippen molar-refractivity contribution in [2.24, 2.45) is 9.50 Å². The zero-order chi connectivity index (χ0) is 20.3. The highest BCUT2D eigenvalue weighted by atomic mass is 32.2. The zero-order valence-electron chi connectivity index (χ0n) is 16.7. The van der Waals surface area contributed by atoms with E-state index in [0.29, 0.717) is 12.5 Å². The highest BCUT2D eigenvalue weighted by molar-refractivity contribution is 7.91. The Morgan fingerprint density at radius 2 is 1.86 bits per heavy atom. The van der Waals surface area contributed by atoms with E-state index >= 15 is 0 Å². The first kappa shape index (κ1) is 18.6. The number of hydrogen-bond acceptors (Lipinski definition) is 4. The molecule has 0 fully saturated rings. The van der Waals surface area contributed by atoms with Crippen molar-refractivity contribution < 1.29 is 13.7 Å². The lowest BCUT2D eigenvalue weighted by atomic mass is 9.93. The summed E-state index contributed by atoms with van der Waals surface area (Å²) in [6.45, 7) is 4.56. The molecule has 0 saturated heterocycles. The van der Waals surface area contributed by atoms with Crippen molar-refractivity contribution in [2.45, 2.75) is 63.3 Å². The van der Waals surface area contributed by atoms with E-state index in [1.807, 2.05) is 6.92 Å². The summed E-state index contributed by atoms with van der Waals surface area (Å²) in [5.41, 5.74) is 7.36. The molecule has 2 heterocycles. The van der Waals surface area contributed by atoms with Crippen LogP contribution in [-0.2, 0) is 35.6 Å². The van der Waals surface area contributed by atoms with Gasteiger partial charge in [-0.15, -0.1) is 4.36 Å². The minimum Gasteiger partial charge on any atom is -0.475 e. The fraction of sp³-hybridized carbons (Fsp3) is 0.500. The summed E-state index contributed by atoms with van der Waals surface area (Å²) in [5.74, 6) is 0.332. The Balaban J connectivity index is 1.51. The molecular weight excluding hydrogens is 390 g/mol. The molecule has 5 rings (SSSR count).